The van der Waals surface area contributed by atoms with E-state index in [9.17, 15) is 4.79 Å². The fourth-order valence-corrected chi connectivity index (χ4v) is 5.55. The molecule has 0 bridgehead atoms. The molecule has 37 heavy (non-hydrogen) atoms. The largest absolute Gasteiger partial charge is 0.493 e. The van der Waals surface area contributed by atoms with Crippen LogP contribution >= 0.6 is 0 Å². The maximum atomic E-state index is 13.4. The van der Waals surface area contributed by atoms with Crippen LogP contribution in [0.3, 0.4) is 0 Å². The first-order chi connectivity index (χ1) is 18.1. The maximum Gasteiger partial charge on any atom is 0.230 e. The summed E-state index contributed by atoms with van der Waals surface area (Å²) in [5.74, 6) is 3.06. The monoisotopic (exact) mass is 504 g/mol. The minimum Gasteiger partial charge on any atom is -0.493 e. The minimum atomic E-state index is 0.0637. The van der Waals surface area contributed by atoms with Gasteiger partial charge in [0.05, 0.1) is 19.8 Å². The quantitative estimate of drug-likeness (QED) is 0.451. The smallest absolute Gasteiger partial charge is 0.230 e. The fraction of sp³-hybridized carbons (Fsp3) is 0.483. The highest BCUT2D eigenvalue weighted by Crippen LogP contribution is 2.38. The van der Waals surface area contributed by atoms with Crippen LogP contribution in [0.5, 0.6) is 11.5 Å². The van der Waals surface area contributed by atoms with Crippen LogP contribution in [0.1, 0.15) is 56.0 Å². The molecule has 1 aliphatic heterocycles. The molecule has 2 aliphatic rings. The molecule has 8 heteroatoms. The standard InChI is InChI=1S/C29H36N4O4/c1-4-36-25-15-14-23(18-26(25)35-3)27-30-28(37-31-27)21-10-12-22(13-11-21)29(34)33-17-16-32(2)24(19-33)20-8-6-5-7-9-20/h5-9,14-15,18,21-22,24H,4,10-13,16-17,19H2,1-3H3. The van der Waals surface area contributed by atoms with Crippen LogP contribution in [0, 0.1) is 5.92 Å². The lowest BCUT2D eigenvalue weighted by Crippen LogP contribution is -2.50. The number of hydrogen-bond donors (Lipinski definition) is 0. The Morgan fingerprint density at radius 1 is 1.05 bits per heavy atom. The molecule has 1 unspecified atom stereocenters. The van der Waals surface area contributed by atoms with Crippen LogP contribution in [0.2, 0.25) is 0 Å². The number of rotatable bonds is 7. The maximum absolute atomic E-state index is 13.4. The third-order valence-corrected chi connectivity index (χ3v) is 7.73. The Balaban J connectivity index is 1.19. The summed E-state index contributed by atoms with van der Waals surface area (Å²) in [5, 5.41) is 4.22. The van der Waals surface area contributed by atoms with E-state index in [2.05, 4.69) is 46.3 Å². The Morgan fingerprint density at radius 2 is 1.84 bits per heavy atom. The van der Waals surface area contributed by atoms with Crippen molar-refractivity contribution in [3.63, 3.8) is 0 Å². The van der Waals surface area contributed by atoms with Crippen LogP contribution in [-0.2, 0) is 4.79 Å². The van der Waals surface area contributed by atoms with Crippen LogP contribution in [0.4, 0.5) is 0 Å². The lowest BCUT2D eigenvalue weighted by molar-refractivity contribution is -0.139. The molecule has 1 atom stereocenters. The zero-order valence-electron chi connectivity index (χ0n) is 21.9. The molecule has 8 nitrogen and oxygen atoms in total. The third kappa shape index (κ3) is 5.49. The average Bonchev–Trinajstić information content (AvgIpc) is 3.44. The number of carbonyl (C=O) groups is 1. The Morgan fingerprint density at radius 3 is 2.57 bits per heavy atom. The topological polar surface area (TPSA) is 80.9 Å². The molecular weight excluding hydrogens is 468 g/mol. The van der Waals surface area contributed by atoms with Gasteiger partial charge in [0, 0.05) is 37.0 Å². The predicted molar refractivity (Wildman–Crippen MR) is 141 cm³/mol. The summed E-state index contributed by atoms with van der Waals surface area (Å²) in [6.07, 6.45) is 3.45. The highest BCUT2D eigenvalue weighted by molar-refractivity contribution is 5.79. The molecule has 196 valence electrons. The summed E-state index contributed by atoms with van der Waals surface area (Å²) in [7, 11) is 3.76. The predicted octanol–water partition coefficient (Wildman–Crippen LogP) is 4.93. The molecule has 1 aliphatic carbocycles. The lowest BCUT2D eigenvalue weighted by Gasteiger charge is -2.41. The SMILES string of the molecule is CCOc1ccc(-c2noc(C3CCC(C(=O)N4CCN(C)C(c5ccccc5)C4)CC3)n2)cc1OC. The number of hydrogen-bond acceptors (Lipinski definition) is 7. The van der Waals surface area contributed by atoms with Crippen LogP contribution in [0.15, 0.2) is 53.1 Å². The van der Waals surface area contributed by atoms with Gasteiger partial charge in [-0.3, -0.25) is 9.69 Å². The molecule has 2 fully saturated rings. The normalized spacial score (nSPS) is 22.6. The van der Waals surface area contributed by atoms with Gasteiger partial charge in [-0.2, -0.15) is 4.98 Å². The van der Waals surface area contributed by atoms with E-state index in [1.54, 1.807) is 7.11 Å². The van der Waals surface area contributed by atoms with E-state index >= 15 is 0 Å². The highest BCUT2D eigenvalue weighted by Gasteiger charge is 2.35. The number of nitrogens with zero attached hydrogens (tertiary/aromatic N) is 4. The summed E-state index contributed by atoms with van der Waals surface area (Å²) < 4.78 is 16.7. The Hall–Kier alpha value is -3.39. The first-order valence-electron chi connectivity index (χ1n) is 13.3. The molecule has 1 amide bonds. The molecular formula is C29H36N4O4. The fourth-order valence-electron chi connectivity index (χ4n) is 5.55. The van der Waals surface area contributed by atoms with Gasteiger partial charge in [-0.25, -0.2) is 0 Å². The van der Waals surface area contributed by atoms with Gasteiger partial charge in [0.15, 0.2) is 11.5 Å². The van der Waals surface area contributed by atoms with Crippen LogP contribution in [-0.4, -0.2) is 66.2 Å². The van der Waals surface area contributed by atoms with Crippen molar-refractivity contribution in [1.82, 2.24) is 19.9 Å². The molecule has 2 heterocycles. The van der Waals surface area contributed by atoms with Crippen LogP contribution < -0.4 is 9.47 Å². The summed E-state index contributed by atoms with van der Waals surface area (Å²) in [6.45, 7) is 4.93. The van der Waals surface area contributed by atoms with E-state index in [-0.39, 0.29) is 17.9 Å². The van der Waals surface area contributed by atoms with E-state index in [1.807, 2.05) is 31.2 Å². The number of benzene rings is 2. The van der Waals surface area contributed by atoms with Crippen molar-refractivity contribution in [1.29, 1.82) is 0 Å². The number of carbonyl (C=O) groups excluding carboxylic acids is 1. The van der Waals surface area contributed by atoms with Crippen molar-refractivity contribution in [2.75, 3.05) is 40.4 Å². The second-order valence-electron chi connectivity index (χ2n) is 9.99. The van der Waals surface area contributed by atoms with Crippen molar-refractivity contribution in [3.8, 4) is 22.9 Å². The average molecular weight is 505 g/mol. The molecule has 2 aromatic carbocycles. The minimum absolute atomic E-state index is 0.0637. The molecule has 1 saturated carbocycles. The first-order valence-corrected chi connectivity index (χ1v) is 13.3. The van der Waals surface area contributed by atoms with Crippen molar-refractivity contribution in [2.24, 2.45) is 5.92 Å². The zero-order chi connectivity index (χ0) is 25.8. The molecule has 0 spiro atoms. The van der Waals surface area contributed by atoms with E-state index in [0.29, 0.717) is 35.7 Å². The lowest BCUT2D eigenvalue weighted by atomic mass is 9.81. The van der Waals surface area contributed by atoms with Gasteiger partial charge >= 0.3 is 0 Å². The number of ether oxygens (including phenoxy) is 2. The van der Waals surface area contributed by atoms with E-state index in [1.165, 1.54) is 5.56 Å². The third-order valence-electron chi connectivity index (χ3n) is 7.73. The van der Waals surface area contributed by atoms with E-state index < -0.39 is 0 Å². The van der Waals surface area contributed by atoms with Gasteiger partial charge < -0.3 is 18.9 Å². The Labute approximate surface area is 218 Å². The molecule has 0 N–H and O–H groups in total. The number of aromatic nitrogens is 2. The van der Waals surface area contributed by atoms with Gasteiger partial charge in [-0.15, -0.1) is 0 Å². The molecule has 5 rings (SSSR count). The van der Waals surface area contributed by atoms with Crippen molar-refractivity contribution in [3.05, 3.63) is 60.0 Å². The van der Waals surface area contributed by atoms with E-state index in [4.69, 9.17) is 19.0 Å². The Kier molecular flexibility index (Phi) is 7.74. The molecule has 1 saturated heterocycles. The molecule has 0 radical (unpaired) electrons. The van der Waals surface area contributed by atoms with Crippen molar-refractivity contribution in [2.45, 2.75) is 44.6 Å². The highest BCUT2D eigenvalue weighted by atomic mass is 16.5. The summed E-state index contributed by atoms with van der Waals surface area (Å²) in [4.78, 5) is 22.6. The number of piperazine rings is 1. The second-order valence-corrected chi connectivity index (χ2v) is 9.99. The number of likely N-dealkylation sites (N-methyl/N-ethyl adjacent to an activating group) is 1. The summed E-state index contributed by atoms with van der Waals surface area (Å²) in [6, 6.07) is 16.4. The zero-order valence-corrected chi connectivity index (χ0v) is 21.9. The number of methoxy groups -OCH3 is 1. The van der Waals surface area contributed by atoms with Gasteiger partial charge in [0.1, 0.15) is 0 Å². The van der Waals surface area contributed by atoms with Gasteiger partial charge in [-0.05, 0) is 63.4 Å². The van der Waals surface area contributed by atoms with Gasteiger partial charge in [0.25, 0.3) is 0 Å². The number of amides is 1. The van der Waals surface area contributed by atoms with Crippen LogP contribution in [0.25, 0.3) is 11.4 Å². The first kappa shape index (κ1) is 25.3. The summed E-state index contributed by atoms with van der Waals surface area (Å²) >= 11 is 0. The van der Waals surface area contributed by atoms with Crippen molar-refractivity contribution < 1.29 is 18.8 Å². The Bertz CT molecular complexity index is 1190. The van der Waals surface area contributed by atoms with Gasteiger partial charge in [-0.1, -0.05) is 35.5 Å². The second kappa shape index (κ2) is 11.3. The van der Waals surface area contributed by atoms with Gasteiger partial charge in [0.2, 0.25) is 17.6 Å². The molecule has 3 aromatic rings. The van der Waals surface area contributed by atoms with E-state index in [0.717, 1.165) is 50.9 Å². The molecule has 1 aromatic heterocycles. The summed E-state index contributed by atoms with van der Waals surface area (Å²) in [5.41, 5.74) is 2.09. The van der Waals surface area contributed by atoms with Crippen molar-refractivity contribution >= 4 is 5.91 Å².